The van der Waals surface area contributed by atoms with Crippen LogP contribution in [0.5, 0.6) is 0 Å². The highest BCUT2D eigenvalue weighted by atomic mass is 16.6. The molecule has 1 N–H and O–H groups in total. The topological polar surface area (TPSA) is 38.3 Å². The van der Waals surface area contributed by atoms with Crippen LogP contribution in [-0.2, 0) is 9.53 Å². The van der Waals surface area contributed by atoms with Gasteiger partial charge in [-0.1, -0.05) is 6.42 Å². The second-order valence-corrected chi connectivity index (χ2v) is 5.08. The smallest absolute Gasteiger partial charge is 0.323 e. The summed E-state index contributed by atoms with van der Waals surface area (Å²) >= 11 is 0. The van der Waals surface area contributed by atoms with Gasteiger partial charge in [-0.15, -0.1) is 0 Å². The Hall–Kier alpha value is -0.570. The maximum absolute atomic E-state index is 11.9. The summed E-state index contributed by atoms with van der Waals surface area (Å²) in [6.45, 7) is 3.03. The Kier molecular flexibility index (Phi) is 3.29. The molecule has 1 aliphatic heterocycles. The third-order valence-electron chi connectivity index (χ3n) is 3.60. The zero-order valence-electron chi connectivity index (χ0n) is 9.55. The number of hydrogen-bond donors (Lipinski definition) is 1. The van der Waals surface area contributed by atoms with E-state index >= 15 is 0 Å². The molecular weight excluding hydrogens is 190 g/mol. The van der Waals surface area contributed by atoms with E-state index in [1.807, 2.05) is 0 Å². The fourth-order valence-electron chi connectivity index (χ4n) is 2.59. The Morgan fingerprint density at radius 2 is 2.00 bits per heavy atom. The van der Waals surface area contributed by atoms with E-state index in [0.29, 0.717) is 0 Å². The number of rotatable bonds is 2. The Morgan fingerprint density at radius 3 is 2.60 bits per heavy atom. The number of nitrogens with one attached hydrogen (secondary N) is 1. The van der Waals surface area contributed by atoms with Crippen LogP contribution in [0.2, 0.25) is 0 Å². The van der Waals surface area contributed by atoms with Gasteiger partial charge in [-0.2, -0.15) is 0 Å². The highest BCUT2D eigenvalue weighted by Crippen LogP contribution is 2.33. The molecule has 0 radical (unpaired) electrons. The van der Waals surface area contributed by atoms with E-state index in [4.69, 9.17) is 4.74 Å². The third-order valence-corrected chi connectivity index (χ3v) is 3.60. The van der Waals surface area contributed by atoms with Crippen molar-refractivity contribution in [1.29, 1.82) is 0 Å². The van der Waals surface area contributed by atoms with Gasteiger partial charge in [-0.3, -0.25) is 4.79 Å². The minimum atomic E-state index is -0.170. The molecule has 1 atom stereocenters. The van der Waals surface area contributed by atoms with Crippen LogP contribution in [0.15, 0.2) is 0 Å². The monoisotopic (exact) mass is 211 g/mol. The Bertz CT molecular complexity index is 228. The van der Waals surface area contributed by atoms with Crippen molar-refractivity contribution in [3.63, 3.8) is 0 Å². The highest BCUT2D eigenvalue weighted by Gasteiger charge is 2.35. The van der Waals surface area contributed by atoms with Crippen LogP contribution in [-0.4, -0.2) is 24.2 Å². The Labute approximate surface area is 91.6 Å². The summed E-state index contributed by atoms with van der Waals surface area (Å²) < 4.78 is 5.64. The molecule has 2 aliphatic rings. The first-order valence-electron chi connectivity index (χ1n) is 6.16. The number of piperidine rings is 1. The molecular formula is C12H21NO2. The molecule has 0 unspecified atom stereocenters. The van der Waals surface area contributed by atoms with Crippen molar-refractivity contribution in [2.24, 2.45) is 0 Å². The highest BCUT2D eigenvalue weighted by molar-refractivity contribution is 5.76. The predicted octanol–water partition coefficient (Wildman–Crippen LogP) is 2.00. The first-order chi connectivity index (χ1) is 7.20. The van der Waals surface area contributed by atoms with Gasteiger partial charge in [0.2, 0.25) is 0 Å². The molecule has 0 spiro atoms. The zero-order chi connectivity index (χ0) is 10.7. The van der Waals surface area contributed by atoms with Gasteiger partial charge in [-0.05, 0) is 52.0 Å². The second kappa shape index (κ2) is 4.52. The van der Waals surface area contributed by atoms with Gasteiger partial charge >= 0.3 is 5.97 Å². The number of hydrogen-bond acceptors (Lipinski definition) is 3. The van der Waals surface area contributed by atoms with E-state index in [9.17, 15) is 4.79 Å². The lowest BCUT2D eigenvalue weighted by Crippen LogP contribution is -2.44. The number of ether oxygens (including phenoxy) is 1. The summed E-state index contributed by atoms with van der Waals surface area (Å²) in [6.07, 6.45) is 7.72. The normalized spacial score (nSPS) is 30.1. The molecule has 86 valence electrons. The first-order valence-corrected chi connectivity index (χ1v) is 6.16. The van der Waals surface area contributed by atoms with Crippen molar-refractivity contribution in [3.8, 4) is 0 Å². The van der Waals surface area contributed by atoms with Gasteiger partial charge in [-0.25, -0.2) is 0 Å². The number of carbonyl (C=O) groups excluding carboxylic acids is 1. The minimum Gasteiger partial charge on any atom is -0.458 e. The predicted molar refractivity (Wildman–Crippen MR) is 58.6 cm³/mol. The van der Waals surface area contributed by atoms with Crippen molar-refractivity contribution in [1.82, 2.24) is 5.32 Å². The summed E-state index contributed by atoms with van der Waals surface area (Å²) in [6, 6.07) is -0.0452. The fraction of sp³-hybridized carbons (Fsp3) is 0.917. The van der Waals surface area contributed by atoms with Crippen LogP contribution in [0.1, 0.15) is 51.9 Å². The summed E-state index contributed by atoms with van der Waals surface area (Å²) in [5, 5.41) is 3.24. The molecule has 0 aromatic carbocycles. The van der Waals surface area contributed by atoms with Crippen molar-refractivity contribution in [3.05, 3.63) is 0 Å². The molecule has 2 fully saturated rings. The van der Waals surface area contributed by atoms with E-state index in [1.54, 1.807) is 0 Å². The number of carbonyl (C=O) groups is 1. The fourth-order valence-corrected chi connectivity index (χ4v) is 2.59. The summed E-state index contributed by atoms with van der Waals surface area (Å²) in [5.41, 5.74) is -0.170. The standard InChI is InChI=1S/C12H21NO2/c1-12(7-3-4-8-12)15-11(14)10-6-2-5-9-13-10/h10,13H,2-9H2,1H3/t10-/m0/s1. The van der Waals surface area contributed by atoms with E-state index in [-0.39, 0.29) is 17.6 Å². The van der Waals surface area contributed by atoms with Crippen LogP contribution in [0.3, 0.4) is 0 Å². The van der Waals surface area contributed by atoms with E-state index in [2.05, 4.69) is 12.2 Å². The van der Waals surface area contributed by atoms with Crippen LogP contribution < -0.4 is 5.32 Å². The SMILES string of the molecule is CC1(OC(=O)[C@@H]2CCCCN2)CCCC1. The Balaban J connectivity index is 1.85. The molecule has 0 aromatic rings. The average Bonchev–Trinajstić information content (AvgIpc) is 2.66. The molecule has 1 aliphatic carbocycles. The summed E-state index contributed by atoms with van der Waals surface area (Å²) in [7, 11) is 0. The molecule has 3 heteroatoms. The van der Waals surface area contributed by atoms with Gasteiger partial charge < -0.3 is 10.1 Å². The quantitative estimate of drug-likeness (QED) is 0.710. The molecule has 15 heavy (non-hydrogen) atoms. The maximum atomic E-state index is 11.9. The summed E-state index contributed by atoms with van der Waals surface area (Å²) in [5.74, 6) is -0.0286. The molecule has 1 saturated carbocycles. The lowest BCUT2D eigenvalue weighted by Gasteiger charge is -2.29. The van der Waals surface area contributed by atoms with Gasteiger partial charge in [0.05, 0.1) is 0 Å². The van der Waals surface area contributed by atoms with E-state index in [0.717, 1.165) is 32.2 Å². The van der Waals surface area contributed by atoms with Crippen LogP contribution in [0.25, 0.3) is 0 Å². The molecule has 3 nitrogen and oxygen atoms in total. The lowest BCUT2D eigenvalue weighted by atomic mass is 10.0. The minimum absolute atomic E-state index is 0.0286. The van der Waals surface area contributed by atoms with Crippen LogP contribution in [0.4, 0.5) is 0 Å². The maximum Gasteiger partial charge on any atom is 0.323 e. The third kappa shape index (κ3) is 2.71. The average molecular weight is 211 g/mol. The summed E-state index contributed by atoms with van der Waals surface area (Å²) in [4.78, 5) is 11.9. The van der Waals surface area contributed by atoms with Crippen molar-refractivity contribution < 1.29 is 9.53 Å². The number of esters is 1. The van der Waals surface area contributed by atoms with Crippen LogP contribution in [0, 0.1) is 0 Å². The molecule has 0 bridgehead atoms. The second-order valence-electron chi connectivity index (χ2n) is 5.08. The first kappa shape index (κ1) is 10.9. The van der Waals surface area contributed by atoms with Crippen molar-refractivity contribution in [2.45, 2.75) is 63.5 Å². The molecule has 1 heterocycles. The van der Waals surface area contributed by atoms with Gasteiger partial charge in [0.1, 0.15) is 11.6 Å². The van der Waals surface area contributed by atoms with Crippen molar-refractivity contribution >= 4 is 5.97 Å². The van der Waals surface area contributed by atoms with Crippen LogP contribution >= 0.6 is 0 Å². The van der Waals surface area contributed by atoms with Gasteiger partial charge in [0.25, 0.3) is 0 Å². The van der Waals surface area contributed by atoms with Gasteiger partial charge in [0.15, 0.2) is 0 Å². The van der Waals surface area contributed by atoms with Gasteiger partial charge in [0, 0.05) is 0 Å². The van der Waals surface area contributed by atoms with E-state index in [1.165, 1.54) is 19.3 Å². The lowest BCUT2D eigenvalue weighted by molar-refractivity contribution is -0.160. The molecule has 0 amide bonds. The Morgan fingerprint density at radius 1 is 1.27 bits per heavy atom. The largest absolute Gasteiger partial charge is 0.458 e. The zero-order valence-corrected chi connectivity index (χ0v) is 9.55. The molecule has 1 saturated heterocycles. The molecule has 2 rings (SSSR count). The van der Waals surface area contributed by atoms with Crippen molar-refractivity contribution in [2.75, 3.05) is 6.54 Å². The molecule has 0 aromatic heterocycles. The van der Waals surface area contributed by atoms with E-state index < -0.39 is 0 Å².